The summed E-state index contributed by atoms with van der Waals surface area (Å²) in [5.74, 6) is 0.400. The van der Waals surface area contributed by atoms with Gasteiger partial charge in [-0.2, -0.15) is 10.1 Å². The molecule has 1 aliphatic rings. The number of aromatic nitrogens is 5. The predicted octanol–water partition coefficient (Wildman–Crippen LogP) is 3.68. The minimum Gasteiger partial charge on any atom is -0.331 e. The van der Waals surface area contributed by atoms with Crippen LogP contribution in [0.5, 0.6) is 0 Å². The van der Waals surface area contributed by atoms with Crippen LogP contribution in [-0.2, 0) is 16.6 Å². The van der Waals surface area contributed by atoms with Crippen molar-refractivity contribution in [3.05, 3.63) is 28.8 Å². The molecule has 1 saturated heterocycles. The molecule has 30 heavy (non-hydrogen) atoms. The number of hydrogen-bond donors (Lipinski definition) is 1. The fourth-order valence-electron chi connectivity index (χ4n) is 3.74. The Morgan fingerprint density at radius 1 is 1.23 bits per heavy atom. The van der Waals surface area contributed by atoms with Crippen molar-refractivity contribution in [1.29, 1.82) is 0 Å². The van der Waals surface area contributed by atoms with E-state index in [2.05, 4.69) is 20.4 Å². The van der Waals surface area contributed by atoms with Crippen LogP contribution in [0.1, 0.15) is 32.2 Å². The lowest BCUT2D eigenvalue weighted by atomic mass is 10.1. The zero-order valence-electron chi connectivity index (χ0n) is 16.7. The number of halogens is 2. The third kappa shape index (κ3) is 4.27. The van der Waals surface area contributed by atoms with Crippen LogP contribution < -0.4 is 5.32 Å². The number of aryl methyl sites for hydroxylation is 1. The number of sulfonamides is 1. The number of anilines is 2. The second-order valence-corrected chi connectivity index (χ2v) is 10.1. The molecule has 0 saturated carbocycles. The smallest absolute Gasteiger partial charge is 0.229 e. The molecule has 1 N–H and O–H groups in total. The maximum absolute atomic E-state index is 11.8. The first-order chi connectivity index (χ1) is 14.3. The maximum Gasteiger partial charge on any atom is 0.229 e. The van der Waals surface area contributed by atoms with Crippen molar-refractivity contribution in [2.24, 2.45) is 0 Å². The Kier molecular flexibility index (Phi) is 5.93. The molecule has 1 atom stereocenters. The number of rotatable bonds is 5. The van der Waals surface area contributed by atoms with E-state index in [0.717, 1.165) is 30.4 Å². The second-order valence-electron chi connectivity index (χ2n) is 7.38. The van der Waals surface area contributed by atoms with E-state index >= 15 is 0 Å². The molecule has 9 nitrogen and oxygen atoms in total. The van der Waals surface area contributed by atoms with Gasteiger partial charge in [0.1, 0.15) is 5.65 Å². The molecule has 1 aliphatic heterocycles. The number of fused-ring (bicyclic) bond motifs is 1. The molecule has 12 heteroatoms. The van der Waals surface area contributed by atoms with E-state index in [9.17, 15) is 8.42 Å². The molecule has 3 aromatic heterocycles. The number of nitrogens with one attached hydrogen (secondary N) is 1. The van der Waals surface area contributed by atoms with Crippen LogP contribution in [0.25, 0.3) is 11.0 Å². The van der Waals surface area contributed by atoms with E-state index in [4.69, 9.17) is 23.2 Å². The predicted molar refractivity (Wildman–Crippen MR) is 118 cm³/mol. The standard InChI is InChI=1S/C18H23Cl2N7O2S/c1-3-25-10-14(19)13-9-21-18(23-17(13)25)22-15-11-27(24-16(15)20)12-5-4-7-26(8-6-12)30(2,28)29/h9-12H,3-8H2,1-2H3,(H,21,22,23). The van der Waals surface area contributed by atoms with E-state index in [0.29, 0.717) is 41.3 Å². The summed E-state index contributed by atoms with van der Waals surface area (Å²) in [4.78, 5) is 8.90. The van der Waals surface area contributed by atoms with E-state index < -0.39 is 10.0 Å². The summed E-state index contributed by atoms with van der Waals surface area (Å²) in [5.41, 5.74) is 1.34. The van der Waals surface area contributed by atoms with Crippen molar-refractivity contribution in [1.82, 2.24) is 28.6 Å². The first-order valence-electron chi connectivity index (χ1n) is 9.74. The Morgan fingerprint density at radius 2 is 2.03 bits per heavy atom. The number of nitrogens with zero attached hydrogens (tertiary/aromatic N) is 6. The third-order valence-electron chi connectivity index (χ3n) is 5.34. The Hall–Kier alpha value is -1.88. The Balaban J connectivity index is 1.54. The summed E-state index contributed by atoms with van der Waals surface area (Å²) in [7, 11) is -3.18. The van der Waals surface area contributed by atoms with Gasteiger partial charge >= 0.3 is 0 Å². The number of hydrogen-bond acceptors (Lipinski definition) is 6. The highest BCUT2D eigenvalue weighted by molar-refractivity contribution is 7.88. The van der Waals surface area contributed by atoms with Gasteiger partial charge in [-0.1, -0.05) is 23.2 Å². The van der Waals surface area contributed by atoms with Gasteiger partial charge in [-0.05, 0) is 26.2 Å². The molecule has 0 radical (unpaired) electrons. The molecular formula is C18H23Cl2N7O2S. The average molecular weight is 472 g/mol. The zero-order chi connectivity index (χ0) is 21.5. The van der Waals surface area contributed by atoms with Gasteiger partial charge in [0.2, 0.25) is 16.0 Å². The summed E-state index contributed by atoms with van der Waals surface area (Å²) in [5, 5.41) is 9.28. The normalized spacial score (nSPS) is 18.6. The van der Waals surface area contributed by atoms with Gasteiger partial charge in [-0.15, -0.1) is 0 Å². The van der Waals surface area contributed by atoms with Crippen LogP contribution in [0.15, 0.2) is 18.6 Å². The van der Waals surface area contributed by atoms with Gasteiger partial charge in [0.05, 0.1) is 34.6 Å². The van der Waals surface area contributed by atoms with E-state index in [1.54, 1.807) is 10.9 Å². The summed E-state index contributed by atoms with van der Waals surface area (Å²) < 4.78 is 28.9. The van der Waals surface area contributed by atoms with Crippen LogP contribution in [0.2, 0.25) is 10.2 Å². The highest BCUT2D eigenvalue weighted by Crippen LogP contribution is 2.30. The van der Waals surface area contributed by atoms with Crippen LogP contribution >= 0.6 is 23.2 Å². The van der Waals surface area contributed by atoms with Gasteiger partial charge in [0, 0.05) is 32.0 Å². The monoisotopic (exact) mass is 471 g/mol. The van der Waals surface area contributed by atoms with Crippen molar-refractivity contribution in [3.8, 4) is 0 Å². The van der Waals surface area contributed by atoms with Crippen molar-refractivity contribution < 1.29 is 8.42 Å². The molecule has 0 amide bonds. The molecule has 0 spiro atoms. The summed E-state index contributed by atoms with van der Waals surface area (Å²) in [6.07, 6.45) is 8.86. The quantitative estimate of drug-likeness (QED) is 0.609. The lowest BCUT2D eigenvalue weighted by molar-refractivity contribution is 0.393. The van der Waals surface area contributed by atoms with Crippen molar-refractivity contribution in [2.45, 2.75) is 38.8 Å². The first kappa shape index (κ1) is 21.4. The van der Waals surface area contributed by atoms with E-state index in [1.165, 1.54) is 10.6 Å². The van der Waals surface area contributed by atoms with Crippen molar-refractivity contribution in [3.63, 3.8) is 0 Å². The molecule has 0 bridgehead atoms. The van der Waals surface area contributed by atoms with Gasteiger partial charge < -0.3 is 9.88 Å². The van der Waals surface area contributed by atoms with Crippen LogP contribution in [0.3, 0.4) is 0 Å². The SMILES string of the molecule is CCn1cc(Cl)c2cnc(Nc3cn(C4CCCN(S(C)(=O)=O)CC4)nc3Cl)nc21. The fourth-order valence-corrected chi connectivity index (χ4v) is 5.07. The first-order valence-corrected chi connectivity index (χ1v) is 12.3. The minimum atomic E-state index is -3.18. The molecular weight excluding hydrogens is 449 g/mol. The van der Waals surface area contributed by atoms with Crippen LogP contribution in [-0.4, -0.2) is 56.4 Å². The molecule has 3 aromatic rings. The highest BCUT2D eigenvalue weighted by Gasteiger charge is 2.25. The summed E-state index contributed by atoms with van der Waals surface area (Å²) in [6.45, 7) is 3.76. The Morgan fingerprint density at radius 3 is 2.77 bits per heavy atom. The Bertz CT molecular complexity index is 1170. The topological polar surface area (TPSA) is 97.9 Å². The average Bonchev–Trinajstić information content (AvgIpc) is 3.08. The zero-order valence-corrected chi connectivity index (χ0v) is 19.0. The molecule has 0 aromatic carbocycles. The van der Waals surface area contributed by atoms with E-state index in [1.807, 2.05) is 23.9 Å². The molecule has 4 rings (SSSR count). The summed E-state index contributed by atoms with van der Waals surface area (Å²) in [6, 6.07) is 0.0735. The van der Waals surface area contributed by atoms with Gasteiger partial charge in [-0.3, -0.25) is 4.68 Å². The maximum atomic E-state index is 11.8. The van der Waals surface area contributed by atoms with Crippen molar-refractivity contribution >= 4 is 55.9 Å². The third-order valence-corrected chi connectivity index (χ3v) is 7.22. The van der Waals surface area contributed by atoms with Crippen molar-refractivity contribution in [2.75, 3.05) is 24.7 Å². The van der Waals surface area contributed by atoms with Gasteiger partial charge in [-0.25, -0.2) is 17.7 Å². The lowest BCUT2D eigenvalue weighted by Gasteiger charge is -2.17. The summed E-state index contributed by atoms with van der Waals surface area (Å²) >= 11 is 12.6. The lowest BCUT2D eigenvalue weighted by Crippen LogP contribution is -2.31. The van der Waals surface area contributed by atoms with Crippen LogP contribution in [0.4, 0.5) is 11.6 Å². The minimum absolute atomic E-state index is 0.0735. The second kappa shape index (κ2) is 8.33. The fraction of sp³-hybridized carbons (Fsp3) is 0.500. The largest absolute Gasteiger partial charge is 0.331 e. The molecule has 4 heterocycles. The molecule has 1 unspecified atom stereocenters. The highest BCUT2D eigenvalue weighted by atomic mass is 35.5. The molecule has 0 aliphatic carbocycles. The molecule has 1 fully saturated rings. The Labute approximate surface area is 185 Å². The van der Waals surface area contributed by atoms with E-state index in [-0.39, 0.29) is 6.04 Å². The van der Waals surface area contributed by atoms with Gasteiger partial charge in [0.15, 0.2) is 5.15 Å². The van der Waals surface area contributed by atoms with Crippen LogP contribution in [0, 0.1) is 0 Å². The molecule has 162 valence electrons. The van der Waals surface area contributed by atoms with Gasteiger partial charge in [0.25, 0.3) is 0 Å².